The van der Waals surface area contributed by atoms with Crippen LogP contribution in [0.15, 0.2) is 0 Å². The average Bonchev–Trinajstić information content (AvgIpc) is 2.66. The highest BCUT2D eigenvalue weighted by Crippen LogP contribution is 2.27. The van der Waals surface area contributed by atoms with Gasteiger partial charge in [0.1, 0.15) is 25.6 Å². The van der Waals surface area contributed by atoms with Crippen molar-refractivity contribution in [3.05, 3.63) is 0 Å². The molecule has 0 unspecified atom stereocenters. The van der Waals surface area contributed by atoms with E-state index in [1.165, 1.54) is 0 Å². The molecule has 156 valence electrons. The average molecular weight is 459 g/mol. The number of thiol groups is 4. The van der Waals surface area contributed by atoms with Crippen LogP contribution in [0.1, 0.15) is 25.7 Å². The van der Waals surface area contributed by atoms with E-state index in [-0.39, 0.29) is 62.8 Å². The SMILES string of the molecule is O=C(CS)CCC(COC(=O)CS)(COC(=O)CCS)COC(=O)CCS. The number of hydrogen-bond acceptors (Lipinski definition) is 11. The molecule has 27 heavy (non-hydrogen) atoms. The second-order valence-corrected chi connectivity index (χ2v) is 7.31. The summed E-state index contributed by atoms with van der Waals surface area (Å²) in [5.74, 6) is -1.14. The van der Waals surface area contributed by atoms with Crippen LogP contribution < -0.4 is 0 Å². The summed E-state index contributed by atoms with van der Waals surface area (Å²) in [6, 6.07) is 0. The van der Waals surface area contributed by atoms with Crippen LogP contribution in [0.5, 0.6) is 0 Å². The van der Waals surface area contributed by atoms with Crippen LogP contribution >= 0.6 is 50.5 Å². The maximum Gasteiger partial charge on any atom is 0.315 e. The summed E-state index contributed by atoms with van der Waals surface area (Å²) >= 11 is 15.7. The summed E-state index contributed by atoms with van der Waals surface area (Å²) in [5, 5.41) is 0. The van der Waals surface area contributed by atoms with E-state index in [0.717, 1.165) is 0 Å². The Morgan fingerprint density at radius 1 is 0.630 bits per heavy atom. The number of ether oxygens (including phenoxy) is 3. The van der Waals surface area contributed by atoms with Crippen molar-refractivity contribution in [2.45, 2.75) is 25.7 Å². The molecule has 0 aromatic rings. The first kappa shape index (κ1) is 26.5. The number of Topliss-reactive ketones (excluding diaryl/α,β-unsaturated/α-hetero) is 1. The van der Waals surface area contributed by atoms with Crippen molar-refractivity contribution in [3.8, 4) is 0 Å². The number of ketones is 1. The Balaban J connectivity index is 5.28. The highest BCUT2D eigenvalue weighted by Gasteiger charge is 2.36. The maximum absolute atomic E-state index is 11.7. The smallest absolute Gasteiger partial charge is 0.315 e. The maximum atomic E-state index is 11.7. The number of esters is 3. The highest BCUT2D eigenvalue weighted by atomic mass is 32.1. The Bertz CT molecular complexity index is 455. The molecule has 0 amide bonds. The van der Waals surface area contributed by atoms with Gasteiger partial charge in [0, 0.05) is 23.7 Å². The zero-order valence-corrected chi connectivity index (χ0v) is 18.5. The molecule has 0 spiro atoms. The third kappa shape index (κ3) is 12.5. The predicted molar refractivity (Wildman–Crippen MR) is 114 cm³/mol. The fourth-order valence-corrected chi connectivity index (χ4v) is 2.51. The lowest BCUT2D eigenvalue weighted by atomic mass is 9.84. The Hall–Kier alpha value is -0.520. The third-order valence-corrected chi connectivity index (χ3v) is 4.55. The van der Waals surface area contributed by atoms with E-state index >= 15 is 0 Å². The van der Waals surface area contributed by atoms with Gasteiger partial charge in [-0.2, -0.15) is 50.5 Å². The molecule has 0 aromatic carbocycles. The molecule has 7 nitrogen and oxygen atoms in total. The Morgan fingerprint density at radius 2 is 1.07 bits per heavy atom. The normalized spacial score (nSPS) is 11.0. The van der Waals surface area contributed by atoms with Crippen LogP contribution in [-0.4, -0.2) is 66.5 Å². The lowest BCUT2D eigenvalue weighted by Crippen LogP contribution is -2.40. The number of carbonyl (C=O) groups is 4. The van der Waals surface area contributed by atoms with Crippen molar-refractivity contribution in [2.24, 2.45) is 5.41 Å². The fourth-order valence-electron chi connectivity index (χ4n) is 1.90. The highest BCUT2D eigenvalue weighted by molar-refractivity contribution is 7.81. The Kier molecular flexibility index (Phi) is 15.1. The van der Waals surface area contributed by atoms with Crippen LogP contribution in [0.25, 0.3) is 0 Å². The van der Waals surface area contributed by atoms with Gasteiger partial charge in [-0.25, -0.2) is 0 Å². The minimum atomic E-state index is -1.05. The molecule has 11 heteroatoms. The third-order valence-electron chi connectivity index (χ3n) is 3.49. The summed E-state index contributed by atoms with van der Waals surface area (Å²) in [6.07, 6.45) is 0.500. The first-order valence-electron chi connectivity index (χ1n) is 8.24. The second kappa shape index (κ2) is 15.4. The first-order chi connectivity index (χ1) is 12.8. The van der Waals surface area contributed by atoms with Gasteiger partial charge in [-0.3, -0.25) is 19.2 Å². The van der Waals surface area contributed by atoms with E-state index in [0.29, 0.717) is 11.5 Å². The van der Waals surface area contributed by atoms with Crippen molar-refractivity contribution < 1.29 is 33.4 Å². The Labute approximate surface area is 181 Å². The molecule has 0 radical (unpaired) electrons. The van der Waals surface area contributed by atoms with Crippen molar-refractivity contribution in [1.29, 1.82) is 0 Å². The molecule has 0 aliphatic rings. The van der Waals surface area contributed by atoms with Crippen LogP contribution in [0.2, 0.25) is 0 Å². The zero-order valence-electron chi connectivity index (χ0n) is 14.9. The second-order valence-electron chi connectivity index (χ2n) is 5.78. The van der Waals surface area contributed by atoms with Crippen molar-refractivity contribution >= 4 is 74.2 Å². The van der Waals surface area contributed by atoms with Crippen LogP contribution in [0, 0.1) is 5.41 Å². The molecule has 0 bridgehead atoms. The lowest BCUT2D eigenvalue weighted by Gasteiger charge is -2.32. The molecule has 0 heterocycles. The molecule has 0 atom stereocenters. The molecule has 0 aliphatic heterocycles. The number of carbonyl (C=O) groups excluding carboxylic acids is 4. The number of hydrogen-bond donors (Lipinski definition) is 4. The van der Waals surface area contributed by atoms with Crippen LogP contribution in [-0.2, 0) is 33.4 Å². The molecule has 0 aromatic heterocycles. The molecule has 0 saturated heterocycles. The molecular formula is C16H26O7S4. The minimum absolute atomic E-state index is 0.0470. The summed E-state index contributed by atoms with van der Waals surface area (Å²) in [4.78, 5) is 46.7. The fraction of sp³-hybridized carbons (Fsp3) is 0.750. The summed E-state index contributed by atoms with van der Waals surface area (Å²) in [5.41, 5.74) is -1.05. The quantitative estimate of drug-likeness (QED) is 0.168. The summed E-state index contributed by atoms with van der Waals surface area (Å²) in [7, 11) is 0. The first-order valence-corrected chi connectivity index (χ1v) is 10.8. The largest absolute Gasteiger partial charge is 0.465 e. The molecular weight excluding hydrogens is 432 g/mol. The summed E-state index contributed by atoms with van der Waals surface area (Å²) in [6.45, 7) is -0.532. The van der Waals surface area contributed by atoms with Gasteiger partial charge in [-0.1, -0.05) is 0 Å². The van der Waals surface area contributed by atoms with Gasteiger partial charge in [0.2, 0.25) is 0 Å². The van der Waals surface area contributed by atoms with E-state index < -0.39 is 23.3 Å². The molecule has 0 rings (SSSR count). The van der Waals surface area contributed by atoms with E-state index in [4.69, 9.17) is 14.2 Å². The lowest BCUT2D eigenvalue weighted by molar-refractivity contribution is -0.161. The van der Waals surface area contributed by atoms with Gasteiger partial charge in [-0.15, -0.1) is 0 Å². The van der Waals surface area contributed by atoms with Gasteiger partial charge in [0.15, 0.2) is 0 Å². The van der Waals surface area contributed by atoms with Crippen molar-refractivity contribution in [1.82, 2.24) is 0 Å². The van der Waals surface area contributed by atoms with Gasteiger partial charge >= 0.3 is 17.9 Å². The van der Waals surface area contributed by atoms with E-state index in [2.05, 4.69) is 50.5 Å². The standard InChI is InChI=1S/C16H26O7S4/c17-12(7-26)1-4-16(11-23-15(20)8-27,9-21-13(18)2-5-24)10-22-14(19)3-6-25/h24-27H,1-11H2. The minimum Gasteiger partial charge on any atom is -0.465 e. The predicted octanol–water partition coefficient (Wildman–Crippen LogP) is 1.45. The van der Waals surface area contributed by atoms with E-state index in [9.17, 15) is 19.2 Å². The Morgan fingerprint density at radius 3 is 1.44 bits per heavy atom. The molecule has 0 fully saturated rings. The molecule has 0 aliphatic carbocycles. The molecule has 0 saturated carbocycles. The topological polar surface area (TPSA) is 96.0 Å². The van der Waals surface area contributed by atoms with Crippen molar-refractivity contribution in [2.75, 3.05) is 42.8 Å². The van der Waals surface area contributed by atoms with Crippen molar-refractivity contribution in [3.63, 3.8) is 0 Å². The van der Waals surface area contributed by atoms with E-state index in [1.54, 1.807) is 0 Å². The van der Waals surface area contributed by atoms with Crippen LogP contribution in [0.4, 0.5) is 0 Å². The van der Waals surface area contributed by atoms with Gasteiger partial charge < -0.3 is 14.2 Å². The van der Waals surface area contributed by atoms with Gasteiger partial charge in [0.05, 0.1) is 24.0 Å². The summed E-state index contributed by atoms with van der Waals surface area (Å²) < 4.78 is 15.6. The molecule has 0 N–H and O–H groups in total. The zero-order chi connectivity index (χ0) is 20.7. The van der Waals surface area contributed by atoms with Gasteiger partial charge in [0.25, 0.3) is 0 Å². The van der Waals surface area contributed by atoms with Gasteiger partial charge in [-0.05, 0) is 6.42 Å². The van der Waals surface area contributed by atoms with Crippen LogP contribution in [0.3, 0.4) is 0 Å². The monoisotopic (exact) mass is 458 g/mol. The number of rotatable bonds is 15. The van der Waals surface area contributed by atoms with E-state index in [1.807, 2.05) is 0 Å².